The minimum atomic E-state index is -0.131. The van der Waals surface area contributed by atoms with Crippen LogP contribution in [0.25, 0.3) is 0 Å². The number of thiazole rings is 1. The summed E-state index contributed by atoms with van der Waals surface area (Å²) in [7, 11) is 0. The molecule has 1 N–H and O–H groups in total. The van der Waals surface area contributed by atoms with Gasteiger partial charge in [0.1, 0.15) is 0 Å². The van der Waals surface area contributed by atoms with Crippen molar-refractivity contribution in [3.63, 3.8) is 0 Å². The van der Waals surface area contributed by atoms with Crippen LogP contribution >= 0.6 is 11.3 Å². The first-order valence-electron chi connectivity index (χ1n) is 8.22. The van der Waals surface area contributed by atoms with Gasteiger partial charge in [-0.25, -0.2) is 4.98 Å². The van der Waals surface area contributed by atoms with Crippen molar-refractivity contribution in [1.29, 1.82) is 0 Å². The average Bonchev–Trinajstić information content (AvgIpc) is 2.90. The van der Waals surface area contributed by atoms with Gasteiger partial charge < -0.3 is 10.2 Å². The van der Waals surface area contributed by atoms with Gasteiger partial charge in [-0.15, -0.1) is 11.3 Å². The zero-order chi connectivity index (χ0) is 15.5. The summed E-state index contributed by atoms with van der Waals surface area (Å²) in [5.74, 6) is 0.710. The van der Waals surface area contributed by atoms with Crippen LogP contribution in [-0.4, -0.2) is 34.8 Å². The number of aryl methyl sites for hydroxylation is 1. The first-order chi connectivity index (χ1) is 10.7. The second kappa shape index (κ2) is 6.77. The lowest BCUT2D eigenvalue weighted by atomic mass is 9.89. The summed E-state index contributed by atoms with van der Waals surface area (Å²) in [6.07, 6.45) is 7.00. The Morgan fingerprint density at radius 1 is 1.41 bits per heavy atom. The van der Waals surface area contributed by atoms with E-state index in [4.69, 9.17) is 0 Å². The summed E-state index contributed by atoms with van der Waals surface area (Å²) in [5.41, 5.74) is 1.15. The predicted octanol–water partition coefficient (Wildman–Crippen LogP) is 2.61. The maximum Gasteiger partial charge on any atom is 0.245 e. The van der Waals surface area contributed by atoms with Crippen LogP contribution in [0.1, 0.15) is 49.6 Å². The van der Waals surface area contributed by atoms with Gasteiger partial charge in [-0.2, -0.15) is 0 Å². The Balaban J connectivity index is 1.58. The Hall–Kier alpha value is -1.43. The molecular weight excluding hydrogens is 298 g/mol. The summed E-state index contributed by atoms with van der Waals surface area (Å²) in [6, 6.07) is 0. The molecule has 2 aliphatic rings. The summed E-state index contributed by atoms with van der Waals surface area (Å²) in [6.45, 7) is 3.08. The molecule has 1 aliphatic heterocycles. The fourth-order valence-corrected chi connectivity index (χ4v) is 4.34. The monoisotopic (exact) mass is 321 g/mol. The lowest BCUT2D eigenvalue weighted by Gasteiger charge is -2.25. The molecule has 0 aromatic carbocycles. The van der Waals surface area contributed by atoms with Crippen molar-refractivity contribution in [2.24, 2.45) is 5.92 Å². The highest BCUT2D eigenvalue weighted by Crippen LogP contribution is 2.33. The number of piperidine rings is 1. The zero-order valence-corrected chi connectivity index (χ0v) is 13.9. The lowest BCUT2D eigenvalue weighted by Crippen LogP contribution is -2.40. The highest BCUT2D eigenvalue weighted by atomic mass is 32.1. The molecule has 120 valence electrons. The molecule has 1 unspecified atom stereocenters. The van der Waals surface area contributed by atoms with Crippen LogP contribution in [0.3, 0.4) is 0 Å². The second-order valence-electron chi connectivity index (χ2n) is 6.23. The van der Waals surface area contributed by atoms with Gasteiger partial charge >= 0.3 is 0 Å². The van der Waals surface area contributed by atoms with E-state index in [-0.39, 0.29) is 18.4 Å². The van der Waals surface area contributed by atoms with Crippen LogP contribution in [0.4, 0.5) is 5.13 Å². The highest BCUT2D eigenvalue weighted by Gasteiger charge is 2.23. The molecule has 0 saturated carbocycles. The highest BCUT2D eigenvalue weighted by molar-refractivity contribution is 7.15. The van der Waals surface area contributed by atoms with Crippen LogP contribution in [-0.2, 0) is 22.4 Å². The van der Waals surface area contributed by atoms with E-state index in [2.05, 4.69) is 17.2 Å². The number of aromatic nitrogens is 1. The quantitative estimate of drug-likeness (QED) is 0.927. The van der Waals surface area contributed by atoms with Gasteiger partial charge in [-0.05, 0) is 38.0 Å². The van der Waals surface area contributed by atoms with Crippen molar-refractivity contribution in [1.82, 2.24) is 9.88 Å². The molecule has 2 amide bonds. The first-order valence-corrected chi connectivity index (χ1v) is 9.03. The number of carbonyl (C=O) groups excluding carboxylic acids is 2. The normalized spacial score (nSPS) is 21.6. The van der Waals surface area contributed by atoms with E-state index < -0.39 is 0 Å². The van der Waals surface area contributed by atoms with Crippen molar-refractivity contribution in [3.05, 3.63) is 10.6 Å². The minimum Gasteiger partial charge on any atom is -0.333 e. The molecule has 1 atom stereocenters. The van der Waals surface area contributed by atoms with Crippen LogP contribution in [0.5, 0.6) is 0 Å². The van der Waals surface area contributed by atoms with E-state index in [1.165, 1.54) is 17.7 Å². The van der Waals surface area contributed by atoms with Gasteiger partial charge in [-0.1, -0.05) is 13.3 Å². The topological polar surface area (TPSA) is 62.3 Å². The van der Waals surface area contributed by atoms with Crippen molar-refractivity contribution in [2.75, 3.05) is 18.4 Å². The van der Waals surface area contributed by atoms with Crippen molar-refractivity contribution in [3.8, 4) is 0 Å². The number of nitrogens with zero attached hydrogens (tertiary/aromatic N) is 2. The molecule has 0 radical (unpaired) electrons. The molecule has 0 bridgehead atoms. The number of anilines is 1. The Morgan fingerprint density at radius 2 is 2.27 bits per heavy atom. The number of likely N-dealkylation sites (tertiary alicyclic amines) is 1. The van der Waals surface area contributed by atoms with Gasteiger partial charge in [0.15, 0.2) is 5.13 Å². The van der Waals surface area contributed by atoms with E-state index in [0.717, 1.165) is 37.3 Å². The summed E-state index contributed by atoms with van der Waals surface area (Å²) in [4.78, 5) is 31.4. The Morgan fingerprint density at radius 3 is 3.05 bits per heavy atom. The SMILES string of the molecule is CCC1CCc2nc(NC(=O)CN3CCCCC3=O)sc2C1. The molecule has 1 fully saturated rings. The third-order valence-electron chi connectivity index (χ3n) is 4.62. The number of fused-ring (bicyclic) bond motifs is 1. The van der Waals surface area contributed by atoms with Crippen LogP contribution in [0.15, 0.2) is 0 Å². The molecule has 22 heavy (non-hydrogen) atoms. The second-order valence-corrected chi connectivity index (χ2v) is 7.31. The van der Waals surface area contributed by atoms with E-state index in [0.29, 0.717) is 18.1 Å². The van der Waals surface area contributed by atoms with Gasteiger partial charge in [0.25, 0.3) is 0 Å². The maximum atomic E-state index is 12.1. The van der Waals surface area contributed by atoms with E-state index >= 15 is 0 Å². The summed E-state index contributed by atoms with van der Waals surface area (Å²) >= 11 is 1.60. The standard InChI is InChI=1S/C16H23N3O2S/c1-2-11-6-7-12-13(9-11)22-16(17-12)18-14(20)10-19-8-4-3-5-15(19)21/h11H,2-10H2,1H3,(H,17,18,20). The molecule has 1 saturated heterocycles. The molecule has 5 nitrogen and oxygen atoms in total. The molecule has 3 rings (SSSR count). The number of amides is 2. The van der Waals surface area contributed by atoms with Crippen LogP contribution < -0.4 is 5.32 Å². The fraction of sp³-hybridized carbons (Fsp3) is 0.688. The first kappa shape index (κ1) is 15.5. The number of nitrogens with one attached hydrogen (secondary N) is 1. The molecule has 0 spiro atoms. The van der Waals surface area contributed by atoms with Crippen LogP contribution in [0.2, 0.25) is 0 Å². The summed E-state index contributed by atoms with van der Waals surface area (Å²) < 4.78 is 0. The third-order valence-corrected chi connectivity index (χ3v) is 5.66. The molecule has 1 aromatic heterocycles. The molecule has 1 aromatic rings. The van der Waals surface area contributed by atoms with E-state index in [9.17, 15) is 9.59 Å². The smallest absolute Gasteiger partial charge is 0.245 e. The average molecular weight is 321 g/mol. The zero-order valence-electron chi connectivity index (χ0n) is 13.1. The molecule has 1 aliphatic carbocycles. The Bertz CT molecular complexity index is 570. The molecule has 2 heterocycles. The predicted molar refractivity (Wildman–Crippen MR) is 87.0 cm³/mol. The number of hydrogen-bond acceptors (Lipinski definition) is 4. The minimum absolute atomic E-state index is 0.0885. The van der Waals surface area contributed by atoms with Crippen molar-refractivity contribution in [2.45, 2.75) is 51.9 Å². The largest absolute Gasteiger partial charge is 0.333 e. The molecule has 6 heteroatoms. The van der Waals surface area contributed by atoms with Crippen LogP contribution in [0, 0.1) is 5.92 Å². The fourth-order valence-electron chi connectivity index (χ4n) is 3.21. The number of rotatable bonds is 4. The maximum absolute atomic E-state index is 12.1. The Kier molecular flexibility index (Phi) is 4.76. The van der Waals surface area contributed by atoms with E-state index in [1.54, 1.807) is 16.2 Å². The van der Waals surface area contributed by atoms with Gasteiger partial charge in [0.05, 0.1) is 12.2 Å². The number of carbonyl (C=O) groups is 2. The Labute approximate surface area is 135 Å². The van der Waals surface area contributed by atoms with Crippen molar-refractivity contribution < 1.29 is 9.59 Å². The van der Waals surface area contributed by atoms with Gasteiger partial charge in [0.2, 0.25) is 11.8 Å². The van der Waals surface area contributed by atoms with Crippen molar-refractivity contribution >= 4 is 28.3 Å². The number of hydrogen-bond donors (Lipinski definition) is 1. The summed E-state index contributed by atoms with van der Waals surface area (Å²) in [5, 5.41) is 3.57. The molecular formula is C16H23N3O2S. The lowest BCUT2D eigenvalue weighted by molar-refractivity contribution is -0.136. The van der Waals surface area contributed by atoms with Gasteiger partial charge in [-0.3, -0.25) is 9.59 Å². The third kappa shape index (κ3) is 3.48. The van der Waals surface area contributed by atoms with E-state index in [1.807, 2.05) is 0 Å². The van der Waals surface area contributed by atoms with Gasteiger partial charge in [0, 0.05) is 17.8 Å².